The van der Waals surface area contributed by atoms with Crippen molar-refractivity contribution >= 4 is 69.2 Å². The molecule has 1 heterocycles. The molecule has 1 aliphatic heterocycles. The van der Waals surface area contributed by atoms with Gasteiger partial charge in [-0.2, -0.15) is 0 Å². The Morgan fingerprint density at radius 3 is 2.44 bits per heavy atom. The van der Waals surface area contributed by atoms with Crippen molar-refractivity contribution in [3.05, 3.63) is 97.9 Å². The van der Waals surface area contributed by atoms with Crippen LogP contribution < -0.4 is 9.64 Å². The van der Waals surface area contributed by atoms with Crippen LogP contribution in [0.4, 0.5) is 5.69 Å². The molecular weight excluding hydrogens is 481 g/mol. The quantitative estimate of drug-likeness (QED) is 0.267. The molecule has 0 aromatic heterocycles. The molecule has 1 fully saturated rings. The lowest BCUT2D eigenvalue weighted by atomic mass is 10.1. The molecule has 7 heteroatoms. The monoisotopic (exact) mass is 499 g/mol. The number of aryl methyl sites for hydroxylation is 2. The number of thiocarbonyl (C=S) groups is 1. The van der Waals surface area contributed by atoms with Gasteiger partial charge in [0, 0.05) is 15.6 Å². The van der Waals surface area contributed by atoms with Crippen molar-refractivity contribution in [3.63, 3.8) is 0 Å². The zero-order valence-electron chi connectivity index (χ0n) is 17.4. The van der Waals surface area contributed by atoms with Gasteiger partial charge in [0.25, 0.3) is 5.91 Å². The fraction of sp³-hybridized carbons (Fsp3) is 0.120. The molecule has 3 aromatic rings. The second-order valence-electron chi connectivity index (χ2n) is 7.38. The molecule has 0 bridgehead atoms. The third-order valence-electron chi connectivity index (χ3n) is 5.13. The van der Waals surface area contributed by atoms with Crippen LogP contribution in [0.2, 0.25) is 10.0 Å². The van der Waals surface area contributed by atoms with E-state index in [0.29, 0.717) is 31.6 Å². The van der Waals surface area contributed by atoms with Gasteiger partial charge in [-0.15, -0.1) is 0 Å². The Kier molecular flexibility index (Phi) is 6.91. The molecule has 3 aromatic carbocycles. The van der Waals surface area contributed by atoms with E-state index in [1.807, 2.05) is 68.5 Å². The minimum atomic E-state index is -0.110. The van der Waals surface area contributed by atoms with Crippen LogP contribution in [0.5, 0.6) is 5.75 Å². The number of benzene rings is 3. The fourth-order valence-corrected chi connectivity index (χ4v) is 4.93. The van der Waals surface area contributed by atoms with Gasteiger partial charge in [0.05, 0.1) is 10.6 Å². The van der Waals surface area contributed by atoms with Gasteiger partial charge in [-0.05, 0) is 73.0 Å². The number of ether oxygens (including phenoxy) is 1. The lowest BCUT2D eigenvalue weighted by molar-refractivity contribution is -0.113. The molecule has 1 amide bonds. The van der Waals surface area contributed by atoms with E-state index in [9.17, 15) is 4.79 Å². The molecule has 0 spiro atoms. The Morgan fingerprint density at radius 1 is 1.00 bits per heavy atom. The summed E-state index contributed by atoms with van der Waals surface area (Å²) in [4.78, 5) is 15.2. The van der Waals surface area contributed by atoms with Crippen LogP contribution in [-0.2, 0) is 11.4 Å². The summed E-state index contributed by atoms with van der Waals surface area (Å²) < 4.78 is 6.35. The van der Waals surface area contributed by atoms with E-state index in [1.165, 1.54) is 17.3 Å². The molecular formula is C25H19Cl2NO2S2. The predicted molar refractivity (Wildman–Crippen MR) is 139 cm³/mol. The number of thioether (sulfide) groups is 1. The molecule has 0 unspecified atom stereocenters. The van der Waals surface area contributed by atoms with E-state index in [4.69, 9.17) is 40.2 Å². The van der Waals surface area contributed by atoms with Crippen LogP contribution in [0, 0.1) is 13.8 Å². The van der Waals surface area contributed by atoms with Crippen molar-refractivity contribution in [2.24, 2.45) is 0 Å². The summed E-state index contributed by atoms with van der Waals surface area (Å²) in [5, 5.41) is 1.16. The first-order chi connectivity index (χ1) is 15.3. The SMILES string of the molecule is Cc1ccc(N2C(=O)C(=Cc3ccc(OCc4ccc(Cl)cc4Cl)cc3)SC2=S)cc1C. The molecule has 162 valence electrons. The normalized spacial score (nSPS) is 15.0. The summed E-state index contributed by atoms with van der Waals surface area (Å²) >= 11 is 18.9. The van der Waals surface area contributed by atoms with Gasteiger partial charge in [0.15, 0.2) is 4.32 Å². The van der Waals surface area contributed by atoms with Gasteiger partial charge in [-0.25, -0.2) is 0 Å². The van der Waals surface area contributed by atoms with E-state index in [1.54, 1.807) is 17.0 Å². The van der Waals surface area contributed by atoms with Crippen LogP contribution in [0.3, 0.4) is 0 Å². The van der Waals surface area contributed by atoms with Gasteiger partial charge in [0.1, 0.15) is 12.4 Å². The van der Waals surface area contributed by atoms with Crippen LogP contribution in [0.1, 0.15) is 22.3 Å². The topological polar surface area (TPSA) is 29.5 Å². The van der Waals surface area contributed by atoms with Crippen molar-refractivity contribution in [3.8, 4) is 5.75 Å². The second kappa shape index (κ2) is 9.67. The second-order valence-corrected chi connectivity index (χ2v) is 9.90. The number of hydrogen-bond donors (Lipinski definition) is 0. The maximum Gasteiger partial charge on any atom is 0.270 e. The zero-order chi connectivity index (χ0) is 22.8. The average molecular weight is 500 g/mol. The summed E-state index contributed by atoms with van der Waals surface area (Å²) in [6, 6.07) is 18.8. The molecule has 4 rings (SSSR count). The van der Waals surface area contributed by atoms with Crippen molar-refractivity contribution in [1.29, 1.82) is 0 Å². The molecule has 1 saturated heterocycles. The van der Waals surface area contributed by atoms with Crippen LogP contribution >= 0.6 is 47.2 Å². The Hall–Kier alpha value is -2.31. The third-order valence-corrected chi connectivity index (χ3v) is 7.02. The van der Waals surface area contributed by atoms with E-state index in [-0.39, 0.29) is 5.91 Å². The maximum atomic E-state index is 13.0. The van der Waals surface area contributed by atoms with Crippen LogP contribution in [0.15, 0.2) is 65.6 Å². The van der Waals surface area contributed by atoms with Gasteiger partial charge in [-0.1, -0.05) is 71.4 Å². The number of rotatable bonds is 5. The van der Waals surface area contributed by atoms with Gasteiger partial charge in [-0.3, -0.25) is 9.69 Å². The Labute approximate surface area is 207 Å². The first-order valence-electron chi connectivity index (χ1n) is 9.84. The number of carbonyl (C=O) groups excluding carboxylic acids is 1. The fourth-order valence-electron chi connectivity index (χ4n) is 3.17. The third kappa shape index (κ3) is 5.02. The lowest BCUT2D eigenvalue weighted by Gasteiger charge is -2.15. The highest BCUT2D eigenvalue weighted by Gasteiger charge is 2.33. The standard InChI is InChI=1S/C25H19Cl2NO2S2/c1-15-3-8-20(11-16(15)2)28-24(29)23(32-25(28)31)12-17-4-9-21(10-5-17)30-14-18-6-7-19(26)13-22(18)27/h3-13H,14H2,1-2H3. The molecule has 32 heavy (non-hydrogen) atoms. The average Bonchev–Trinajstić information content (AvgIpc) is 3.03. The van der Waals surface area contributed by atoms with Crippen molar-refractivity contribution < 1.29 is 9.53 Å². The maximum absolute atomic E-state index is 13.0. The molecule has 0 aliphatic carbocycles. The number of amides is 1. The molecule has 0 saturated carbocycles. The van der Waals surface area contributed by atoms with Crippen molar-refractivity contribution in [1.82, 2.24) is 0 Å². The first kappa shape index (κ1) is 22.9. The number of carbonyl (C=O) groups is 1. The van der Waals surface area contributed by atoms with E-state index in [2.05, 4.69) is 0 Å². The summed E-state index contributed by atoms with van der Waals surface area (Å²) in [5.74, 6) is 0.594. The molecule has 0 atom stereocenters. The highest BCUT2D eigenvalue weighted by atomic mass is 35.5. The first-order valence-corrected chi connectivity index (χ1v) is 11.8. The Morgan fingerprint density at radius 2 is 1.75 bits per heavy atom. The highest BCUT2D eigenvalue weighted by molar-refractivity contribution is 8.27. The Bertz CT molecular complexity index is 1240. The van der Waals surface area contributed by atoms with Gasteiger partial charge >= 0.3 is 0 Å². The summed E-state index contributed by atoms with van der Waals surface area (Å²) in [6.45, 7) is 4.40. The van der Waals surface area contributed by atoms with Gasteiger partial charge < -0.3 is 4.74 Å². The molecule has 0 radical (unpaired) electrons. The smallest absolute Gasteiger partial charge is 0.270 e. The summed E-state index contributed by atoms with van der Waals surface area (Å²) in [6.07, 6.45) is 1.85. The minimum absolute atomic E-state index is 0.110. The predicted octanol–water partition coefficient (Wildman–Crippen LogP) is 7.60. The number of anilines is 1. The molecule has 0 N–H and O–H groups in total. The van der Waals surface area contributed by atoms with E-state index in [0.717, 1.165) is 22.4 Å². The van der Waals surface area contributed by atoms with Gasteiger partial charge in [0.2, 0.25) is 0 Å². The molecule has 3 nitrogen and oxygen atoms in total. The number of halogens is 2. The van der Waals surface area contributed by atoms with E-state index < -0.39 is 0 Å². The van der Waals surface area contributed by atoms with Crippen molar-refractivity contribution in [2.45, 2.75) is 20.5 Å². The van der Waals surface area contributed by atoms with Crippen LogP contribution in [-0.4, -0.2) is 10.2 Å². The van der Waals surface area contributed by atoms with Crippen molar-refractivity contribution in [2.75, 3.05) is 4.90 Å². The summed E-state index contributed by atoms with van der Waals surface area (Å²) in [7, 11) is 0. The lowest BCUT2D eigenvalue weighted by Crippen LogP contribution is -2.27. The molecule has 1 aliphatic rings. The Balaban J connectivity index is 1.46. The zero-order valence-corrected chi connectivity index (χ0v) is 20.5. The largest absolute Gasteiger partial charge is 0.489 e. The number of nitrogens with zero attached hydrogens (tertiary/aromatic N) is 1. The summed E-state index contributed by atoms with van der Waals surface area (Å²) in [5.41, 5.74) is 4.84. The van der Waals surface area contributed by atoms with E-state index >= 15 is 0 Å². The highest BCUT2D eigenvalue weighted by Crippen LogP contribution is 2.36. The minimum Gasteiger partial charge on any atom is -0.489 e. The van der Waals surface area contributed by atoms with Crippen LogP contribution in [0.25, 0.3) is 6.08 Å². The number of hydrogen-bond acceptors (Lipinski definition) is 4.